The van der Waals surface area contributed by atoms with Crippen LogP contribution in [0.3, 0.4) is 0 Å². The van der Waals surface area contributed by atoms with Crippen molar-refractivity contribution < 1.29 is 19.4 Å². The van der Waals surface area contributed by atoms with Gasteiger partial charge >= 0.3 is 12.0 Å². The van der Waals surface area contributed by atoms with Crippen molar-refractivity contribution in [3.05, 3.63) is 18.2 Å². The second-order valence-electron chi connectivity index (χ2n) is 5.06. The van der Waals surface area contributed by atoms with Gasteiger partial charge in [0.05, 0.1) is 12.4 Å². The van der Waals surface area contributed by atoms with Crippen molar-refractivity contribution in [2.24, 2.45) is 5.92 Å². The van der Waals surface area contributed by atoms with Gasteiger partial charge in [-0.05, 0) is 13.3 Å². The fourth-order valence-corrected chi connectivity index (χ4v) is 2.22. The number of carboxylic acids is 1. The number of carbonyl (C=O) groups excluding carboxylic acids is 1. The van der Waals surface area contributed by atoms with Crippen molar-refractivity contribution >= 4 is 12.0 Å². The van der Waals surface area contributed by atoms with Gasteiger partial charge < -0.3 is 25.0 Å². The van der Waals surface area contributed by atoms with E-state index in [0.29, 0.717) is 25.6 Å². The number of ether oxygens (including phenoxy) is 1. The van der Waals surface area contributed by atoms with Crippen LogP contribution in [-0.4, -0.2) is 52.5 Å². The second-order valence-corrected chi connectivity index (χ2v) is 5.06. The smallest absolute Gasteiger partial charge is 0.356 e. The SMILES string of the molecule is CC1OCCC1CNC(=O)NCCn1cnc(C(=O)O)c1. The molecule has 8 nitrogen and oxygen atoms in total. The Labute approximate surface area is 122 Å². The lowest BCUT2D eigenvalue weighted by atomic mass is 10.0. The maximum Gasteiger partial charge on any atom is 0.356 e. The number of hydrogen-bond acceptors (Lipinski definition) is 4. The molecule has 8 heteroatoms. The third kappa shape index (κ3) is 4.45. The zero-order chi connectivity index (χ0) is 15.2. The summed E-state index contributed by atoms with van der Waals surface area (Å²) in [5.41, 5.74) is -0.00493. The Hall–Kier alpha value is -2.09. The predicted molar refractivity (Wildman–Crippen MR) is 74.1 cm³/mol. The molecule has 1 aromatic rings. The standard InChI is InChI=1S/C13H20N4O4/c1-9-10(2-5-21-9)6-15-13(20)14-3-4-17-7-11(12(18)19)16-8-17/h7-10H,2-6H2,1H3,(H,18,19)(H2,14,15,20). The van der Waals surface area contributed by atoms with Crippen LogP contribution in [0.25, 0.3) is 0 Å². The van der Waals surface area contributed by atoms with Gasteiger partial charge in [0.15, 0.2) is 5.69 Å². The zero-order valence-corrected chi connectivity index (χ0v) is 11.9. The largest absolute Gasteiger partial charge is 0.476 e. The lowest BCUT2D eigenvalue weighted by molar-refractivity contribution is 0.0691. The topological polar surface area (TPSA) is 105 Å². The van der Waals surface area contributed by atoms with Gasteiger partial charge in [-0.2, -0.15) is 0 Å². The number of carbonyl (C=O) groups is 2. The molecule has 1 aromatic heterocycles. The summed E-state index contributed by atoms with van der Waals surface area (Å²) in [5.74, 6) is -0.699. The van der Waals surface area contributed by atoms with E-state index in [4.69, 9.17) is 9.84 Å². The van der Waals surface area contributed by atoms with E-state index >= 15 is 0 Å². The number of hydrogen-bond donors (Lipinski definition) is 3. The zero-order valence-electron chi connectivity index (χ0n) is 11.9. The first-order chi connectivity index (χ1) is 10.1. The van der Waals surface area contributed by atoms with Crippen LogP contribution in [0.15, 0.2) is 12.5 Å². The summed E-state index contributed by atoms with van der Waals surface area (Å²) >= 11 is 0. The molecule has 21 heavy (non-hydrogen) atoms. The Bertz CT molecular complexity index is 502. The van der Waals surface area contributed by atoms with Gasteiger partial charge in [0, 0.05) is 38.4 Å². The molecule has 1 fully saturated rings. The number of aromatic carboxylic acids is 1. The molecule has 116 valence electrons. The molecule has 3 N–H and O–H groups in total. The number of nitrogens with zero attached hydrogens (tertiary/aromatic N) is 2. The molecule has 0 bridgehead atoms. The highest BCUT2D eigenvalue weighted by molar-refractivity contribution is 5.84. The van der Waals surface area contributed by atoms with Gasteiger partial charge in [0.1, 0.15) is 0 Å². The first-order valence-electron chi connectivity index (χ1n) is 6.94. The molecule has 0 aliphatic carbocycles. The Balaban J connectivity index is 1.63. The lowest BCUT2D eigenvalue weighted by Gasteiger charge is -2.15. The number of amides is 2. The lowest BCUT2D eigenvalue weighted by Crippen LogP contribution is -2.40. The number of imidazole rings is 1. The minimum atomic E-state index is -1.06. The van der Waals surface area contributed by atoms with E-state index < -0.39 is 5.97 Å². The molecule has 1 aliphatic heterocycles. The molecule has 2 atom stereocenters. The van der Waals surface area contributed by atoms with Crippen molar-refractivity contribution in [1.82, 2.24) is 20.2 Å². The van der Waals surface area contributed by atoms with Crippen LogP contribution in [-0.2, 0) is 11.3 Å². The van der Waals surface area contributed by atoms with Crippen molar-refractivity contribution in [3.63, 3.8) is 0 Å². The number of nitrogens with one attached hydrogen (secondary N) is 2. The van der Waals surface area contributed by atoms with Gasteiger partial charge in [-0.1, -0.05) is 0 Å². The van der Waals surface area contributed by atoms with E-state index in [1.165, 1.54) is 12.5 Å². The predicted octanol–water partition coefficient (Wildman–Crippen LogP) is 0.306. The number of urea groups is 1. The van der Waals surface area contributed by atoms with Crippen LogP contribution in [0.1, 0.15) is 23.8 Å². The van der Waals surface area contributed by atoms with Crippen LogP contribution in [0.5, 0.6) is 0 Å². The van der Waals surface area contributed by atoms with E-state index in [2.05, 4.69) is 15.6 Å². The number of carboxylic acid groups (broad SMARTS) is 1. The molecule has 2 amide bonds. The molecule has 0 saturated carbocycles. The molecular weight excluding hydrogens is 276 g/mol. The van der Waals surface area contributed by atoms with Crippen molar-refractivity contribution in [1.29, 1.82) is 0 Å². The van der Waals surface area contributed by atoms with Crippen LogP contribution < -0.4 is 10.6 Å². The average molecular weight is 296 g/mol. The Morgan fingerprint density at radius 1 is 1.52 bits per heavy atom. The highest BCUT2D eigenvalue weighted by Crippen LogP contribution is 2.18. The van der Waals surface area contributed by atoms with E-state index in [-0.39, 0.29) is 17.8 Å². The maximum atomic E-state index is 11.6. The van der Waals surface area contributed by atoms with Gasteiger partial charge in [-0.3, -0.25) is 0 Å². The molecule has 2 rings (SSSR count). The average Bonchev–Trinajstić information content (AvgIpc) is 3.06. The van der Waals surface area contributed by atoms with Crippen LogP contribution >= 0.6 is 0 Å². The molecule has 0 spiro atoms. The molecule has 1 saturated heterocycles. The molecule has 0 aromatic carbocycles. The van der Waals surface area contributed by atoms with E-state index in [1.54, 1.807) is 4.57 Å². The monoisotopic (exact) mass is 296 g/mol. The fraction of sp³-hybridized carbons (Fsp3) is 0.615. The first-order valence-corrected chi connectivity index (χ1v) is 6.94. The van der Waals surface area contributed by atoms with Gasteiger partial charge in [0.25, 0.3) is 0 Å². The fourth-order valence-electron chi connectivity index (χ4n) is 2.22. The Morgan fingerprint density at radius 3 is 2.95 bits per heavy atom. The summed E-state index contributed by atoms with van der Waals surface area (Å²) in [7, 11) is 0. The minimum absolute atomic E-state index is 0.00493. The normalized spacial score (nSPS) is 21.2. The maximum absolute atomic E-state index is 11.6. The van der Waals surface area contributed by atoms with Crippen LogP contribution in [0.2, 0.25) is 0 Å². The molecule has 2 heterocycles. The summed E-state index contributed by atoms with van der Waals surface area (Å²) in [6.07, 6.45) is 4.01. The third-order valence-corrected chi connectivity index (χ3v) is 3.57. The van der Waals surface area contributed by atoms with Crippen molar-refractivity contribution in [2.75, 3.05) is 19.7 Å². The summed E-state index contributed by atoms with van der Waals surface area (Å²) < 4.78 is 7.05. The highest BCUT2D eigenvalue weighted by atomic mass is 16.5. The molecule has 2 unspecified atom stereocenters. The summed E-state index contributed by atoms with van der Waals surface area (Å²) in [5, 5.41) is 14.3. The van der Waals surface area contributed by atoms with E-state index in [0.717, 1.165) is 13.0 Å². The van der Waals surface area contributed by atoms with Gasteiger partial charge in [0.2, 0.25) is 0 Å². The van der Waals surface area contributed by atoms with Gasteiger partial charge in [-0.25, -0.2) is 14.6 Å². The van der Waals surface area contributed by atoms with Crippen molar-refractivity contribution in [3.8, 4) is 0 Å². The second kappa shape index (κ2) is 7.07. The molecular formula is C13H20N4O4. The quantitative estimate of drug-likeness (QED) is 0.700. The summed E-state index contributed by atoms with van der Waals surface area (Å²) in [6, 6.07) is -0.229. The Kier molecular flexibility index (Phi) is 5.15. The van der Waals surface area contributed by atoms with Crippen LogP contribution in [0, 0.1) is 5.92 Å². The van der Waals surface area contributed by atoms with Crippen LogP contribution in [0.4, 0.5) is 4.79 Å². The summed E-state index contributed by atoms with van der Waals surface area (Å²) in [6.45, 7) is 4.23. The third-order valence-electron chi connectivity index (χ3n) is 3.57. The minimum Gasteiger partial charge on any atom is -0.476 e. The Morgan fingerprint density at radius 2 is 2.33 bits per heavy atom. The number of aromatic nitrogens is 2. The van der Waals surface area contributed by atoms with E-state index in [1.807, 2.05) is 6.92 Å². The highest BCUT2D eigenvalue weighted by Gasteiger charge is 2.24. The molecule has 0 radical (unpaired) electrons. The molecule has 1 aliphatic rings. The van der Waals surface area contributed by atoms with Crippen molar-refractivity contribution in [2.45, 2.75) is 26.0 Å². The summed E-state index contributed by atoms with van der Waals surface area (Å²) in [4.78, 5) is 26.0. The number of rotatable bonds is 6. The first kappa shape index (κ1) is 15.3. The van der Waals surface area contributed by atoms with E-state index in [9.17, 15) is 9.59 Å². The van der Waals surface area contributed by atoms with Gasteiger partial charge in [-0.15, -0.1) is 0 Å².